The summed E-state index contributed by atoms with van der Waals surface area (Å²) in [6.45, 7) is 0. The molecule has 0 atom stereocenters. The Kier molecular flexibility index (Phi) is 2.75. The van der Waals surface area contributed by atoms with Crippen molar-refractivity contribution in [2.45, 2.75) is 6.18 Å². The van der Waals surface area contributed by atoms with Crippen molar-refractivity contribution in [3.63, 3.8) is 0 Å². The molecule has 0 saturated heterocycles. The molecule has 0 aliphatic carbocycles. The number of halogens is 5. The van der Waals surface area contributed by atoms with Gasteiger partial charge in [0.25, 0.3) is 5.78 Å². The molecule has 1 aromatic rings. The minimum absolute atomic E-state index is 0.318. The third-order valence-electron chi connectivity index (χ3n) is 1.32. The molecule has 2 nitrogen and oxygen atoms in total. The molecule has 0 aliphatic rings. The van der Waals surface area contributed by atoms with E-state index in [0.29, 0.717) is 6.07 Å². The molecule has 0 amide bonds. The van der Waals surface area contributed by atoms with E-state index in [1.807, 2.05) is 0 Å². The van der Waals surface area contributed by atoms with Gasteiger partial charge >= 0.3 is 6.18 Å². The molecule has 0 aliphatic heterocycles. The monoisotopic (exact) mass is 227 g/mol. The van der Waals surface area contributed by atoms with Gasteiger partial charge in [0.15, 0.2) is 0 Å². The van der Waals surface area contributed by atoms with Crippen molar-refractivity contribution >= 4 is 17.4 Å². The fourth-order valence-electron chi connectivity index (χ4n) is 0.734. The van der Waals surface area contributed by atoms with Crippen LogP contribution in [0.1, 0.15) is 10.4 Å². The number of aromatic nitrogens is 1. The first-order valence-corrected chi connectivity index (χ1v) is 3.63. The molecule has 0 aromatic carbocycles. The van der Waals surface area contributed by atoms with Gasteiger partial charge in [-0.05, 0) is 12.1 Å². The summed E-state index contributed by atoms with van der Waals surface area (Å²) in [6.07, 6.45) is -5.11. The highest BCUT2D eigenvalue weighted by molar-refractivity contribution is 6.29. The zero-order chi connectivity index (χ0) is 10.9. The van der Waals surface area contributed by atoms with Crippen molar-refractivity contribution in [1.29, 1.82) is 0 Å². The molecule has 0 bridgehead atoms. The van der Waals surface area contributed by atoms with E-state index in [9.17, 15) is 22.4 Å². The second-order valence-corrected chi connectivity index (χ2v) is 2.69. The summed E-state index contributed by atoms with van der Waals surface area (Å²) in [5, 5.41) is -0.318. The average Bonchev–Trinajstić information content (AvgIpc) is 2.01. The van der Waals surface area contributed by atoms with E-state index >= 15 is 0 Å². The van der Waals surface area contributed by atoms with Crippen LogP contribution in [-0.2, 0) is 0 Å². The van der Waals surface area contributed by atoms with Gasteiger partial charge in [-0.25, -0.2) is 4.98 Å². The lowest BCUT2D eigenvalue weighted by atomic mass is 10.2. The lowest BCUT2D eigenvalue weighted by Crippen LogP contribution is -2.24. The van der Waals surface area contributed by atoms with Crippen molar-refractivity contribution in [1.82, 2.24) is 4.98 Å². The zero-order valence-electron chi connectivity index (χ0n) is 6.40. The molecule has 7 heteroatoms. The van der Waals surface area contributed by atoms with Crippen molar-refractivity contribution in [2.24, 2.45) is 0 Å². The SMILES string of the molecule is O=C(c1ccc(Cl)nc1F)C(F)(F)F. The standard InChI is InChI=1S/C7H2ClF4NO/c8-4-2-1-3(6(9)13-4)5(14)7(10,11)12/h1-2H. The van der Waals surface area contributed by atoms with Crippen molar-refractivity contribution in [2.75, 3.05) is 0 Å². The maximum absolute atomic E-state index is 12.7. The Bertz CT molecular complexity index is 376. The van der Waals surface area contributed by atoms with Crippen LogP contribution in [0.4, 0.5) is 17.6 Å². The molecule has 1 rings (SSSR count). The number of pyridine rings is 1. The first-order valence-electron chi connectivity index (χ1n) is 3.26. The van der Waals surface area contributed by atoms with Crippen molar-refractivity contribution in [3.8, 4) is 0 Å². The van der Waals surface area contributed by atoms with Crippen LogP contribution in [0.25, 0.3) is 0 Å². The number of nitrogens with zero attached hydrogens (tertiary/aromatic N) is 1. The molecule has 1 aromatic heterocycles. The summed E-state index contributed by atoms with van der Waals surface area (Å²) in [7, 11) is 0. The molecule has 0 N–H and O–H groups in total. The number of Topliss-reactive ketones (excluding diaryl/α,β-unsaturated/α-hetero) is 1. The van der Waals surface area contributed by atoms with E-state index in [1.165, 1.54) is 0 Å². The Labute approximate surface area is 80.5 Å². The minimum Gasteiger partial charge on any atom is -0.284 e. The molecule has 0 radical (unpaired) electrons. The molecule has 76 valence electrons. The highest BCUT2D eigenvalue weighted by Crippen LogP contribution is 2.23. The van der Waals surface area contributed by atoms with E-state index in [-0.39, 0.29) is 5.15 Å². The van der Waals surface area contributed by atoms with Gasteiger partial charge in [0.1, 0.15) is 5.15 Å². The zero-order valence-corrected chi connectivity index (χ0v) is 7.16. The second kappa shape index (κ2) is 3.53. The van der Waals surface area contributed by atoms with E-state index in [2.05, 4.69) is 4.98 Å². The molecule has 1 heterocycles. The van der Waals surface area contributed by atoms with Crippen LogP contribution < -0.4 is 0 Å². The topological polar surface area (TPSA) is 30.0 Å². The Morgan fingerprint density at radius 3 is 2.36 bits per heavy atom. The Morgan fingerprint density at radius 1 is 1.36 bits per heavy atom. The number of alkyl halides is 3. The van der Waals surface area contributed by atoms with Crippen LogP contribution in [0.5, 0.6) is 0 Å². The maximum atomic E-state index is 12.7. The highest BCUT2D eigenvalue weighted by atomic mass is 35.5. The number of ketones is 1. The van der Waals surface area contributed by atoms with Crippen molar-refractivity contribution < 1.29 is 22.4 Å². The summed E-state index contributed by atoms with van der Waals surface area (Å²) in [6, 6.07) is 1.55. The van der Waals surface area contributed by atoms with E-state index in [1.54, 1.807) is 0 Å². The van der Waals surface area contributed by atoms with Gasteiger partial charge in [-0.1, -0.05) is 11.6 Å². The average molecular weight is 228 g/mol. The summed E-state index contributed by atoms with van der Waals surface area (Å²) in [4.78, 5) is 13.4. The van der Waals surface area contributed by atoms with Crippen LogP contribution in [0.3, 0.4) is 0 Å². The van der Waals surface area contributed by atoms with Gasteiger partial charge in [-0.3, -0.25) is 4.79 Å². The first kappa shape index (κ1) is 10.9. The van der Waals surface area contributed by atoms with E-state index in [0.717, 1.165) is 6.07 Å². The predicted octanol–water partition coefficient (Wildman–Crippen LogP) is 2.62. The Morgan fingerprint density at radius 2 is 1.93 bits per heavy atom. The number of hydrogen-bond acceptors (Lipinski definition) is 2. The highest BCUT2D eigenvalue weighted by Gasteiger charge is 2.41. The Hall–Kier alpha value is -1.17. The van der Waals surface area contributed by atoms with Gasteiger partial charge < -0.3 is 0 Å². The number of carbonyl (C=O) groups excluding carboxylic acids is 1. The van der Waals surface area contributed by atoms with Gasteiger partial charge in [-0.15, -0.1) is 0 Å². The minimum atomic E-state index is -5.11. The van der Waals surface area contributed by atoms with E-state index < -0.39 is 23.5 Å². The normalized spacial score (nSPS) is 11.5. The fraction of sp³-hybridized carbons (Fsp3) is 0.143. The Balaban J connectivity index is 3.15. The second-order valence-electron chi connectivity index (χ2n) is 2.30. The summed E-state index contributed by atoms with van der Waals surface area (Å²) in [5.41, 5.74) is -1.14. The third-order valence-corrected chi connectivity index (χ3v) is 1.53. The first-order chi connectivity index (χ1) is 6.32. The number of hydrogen-bond donors (Lipinski definition) is 0. The molecule has 0 spiro atoms. The smallest absolute Gasteiger partial charge is 0.284 e. The lowest BCUT2D eigenvalue weighted by Gasteiger charge is -2.05. The number of carbonyl (C=O) groups is 1. The molecule has 14 heavy (non-hydrogen) atoms. The molecule has 0 saturated carbocycles. The molecular weight excluding hydrogens is 226 g/mol. The van der Waals surface area contributed by atoms with Gasteiger partial charge in [0.2, 0.25) is 5.95 Å². The van der Waals surface area contributed by atoms with Gasteiger partial charge in [0, 0.05) is 0 Å². The number of rotatable bonds is 1. The predicted molar refractivity (Wildman–Crippen MR) is 39.6 cm³/mol. The largest absolute Gasteiger partial charge is 0.455 e. The molecule has 0 fully saturated rings. The van der Waals surface area contributed by atoms with Gasteiger partial charge in [-0.2, -0.15) is 17.6 Å². The molecular formula is C7H2ClF4NO. The maximum Gasteiger partial charge on any atom is 0.455 e. The quantitative estimate of drug-likeness (QED) is 0.419. The summed E-state index contributed by atoms with van der Waals surface area (Å²) < 4.78 is 48.2. The fourth-order valence-corrected chi connectivity index (χ4v) is 0.871. The third kappa shape index (κ3) is 2.20. The van der Waals surface area contributed by atoms with E-state index in [4.69, 9.17) is 11.6 Å². The van der Waals surface area contributed by atoms with Crippen LogP contribution in [0, 0.1) is 5.95 Å². The van der Waals surface area contributed by atoms with Gasteiger partial charge in [0.05, 0.1) is 5.56 Å². The van der Waals surface area contributed by atoms with Crippen molar-refractivity contribution in [3.05, 3.63) is 28.8 Å². The van der Waals surface area contributed by atoms with Crippen LogP contribution >= 0.6 is 11.6 Å². The van der Waals surface area contributed by atoms with Crippen LogP contribution in [-0.4, -0.2) is 16.9 Å². The lowest BCUT2D eigenvalue weighted by molar-refractivity contribution is -0.0888. The van der Waals surface area contributed by atoms with Crippen LogP contribution in [0.15, 0.2) is 12.1 Å². The van der Waals surface area contributed by atoms with Crippen LogP contribution in [0.2, 0.25) is 5.15 Å². The molecule has 0 unspecified atom stereocenters. The summed E-state index contributed by atoms with van der Waals surface area (Å²) >= 11 is 5.19. The summed E-state index contributed by atoms with van der Waals surface area (Å²) in [5.74, 6) is -3.81.